The molecule has 0 aliphatic rings. The minimum absolute atomic E-state index is 0.896. The number of aliphatic hydroxyl groups excluding tert-OH is 1. The van der Waals surface area contributed by atoms with E-state index in [1.165, 1.54) is 13.8 Å². The summed E-state index contributed by atoms with van der Waals surface area (Å²) >= 11 is 0. The Balaban J connectivity index is 3.54. The van der Waals surface area contributed by atoms with Crippen LogP contribution in [0, 0.1) is 6.92 Å². The second-order valence-electron chi connectivity index (χ2n) is 2.17. The molecule has 0 amide bonds. The summed E-state index contributed by atoms with van der Waals surface area (Å²) in [4.78, 5) is 0. The van der Waals surface area contributed by atoms with Crippen molar-refractivity contribution < 1.29 is 10.2 Å². The topological polar surface area (TPSA) is 40.5 Å². The van der Waals surface area contributed by atoms with Gasteiger partial charge in [-0.15, -0.1) is 0 Å². The van der Waals surface area contributed by atoms with E-state index < -0.39 is 11.7 Å². The molecule has 0 saturated heterocycles. The van der Waals surface area contributed by atoms with Crippen molar-refractivity contribution in [3.05, 3.63) is 6.92 Å². The van der Waals surface area contributed by atoms with Gasteiger partial charge in [-0.3, -0.25) is 0 Å². The second-order valence-corrected chi connectivity index (χ2v) is 2.17. The molecule has 0 aliphatic heterocycles. The highest BCUT2D eigenvalue weighted by atomic mass is 16.3. The second kappa shape index (κ2) is 1.80. The molecule has 2 heteroatoms. The van der Waals surface area contributed by atoms with Gasteiger partial charge < -0.3 is 10.2 Å². The highest BCUT2D eigenvalue weighted by Crippen LogP contribution is 2.04. The van der Waals surface area contributed by atoms with Crippen molar-refractivity contribution in [2.45, 2.75) is 25.6 Å². The first kappa shape index (κ1) is 6.92. The van der Waals surface area contributed by atoms with Gasteiger partial charge in [-0.25, -0.2) is 0 Å². The van der Waals surface area contributed by atoms with Crippen LogP contribution in [0.15, 0.2) is 0 Å². The van der Waals surface area contributed by atoms with Crippen molar-refractivity contribution in [1.82, 2.24) is 0 Å². The number of rotatable bonds is 1. The average molecular weight is 103 g/mol. The summed E-state index contributed by atoms with van der Waals surface area (Å²) in [6.45, 7) is 6.22. The van der Waals surface area contributed by atoms with Gasteiger partial charge in [-0.2, -0.15) is 0 Å². The van der Waals surface area contributed by atoms with Gasteiger partial charge in [-0.05, 0) is 20.8 Å². The van der Waals surface area contributed by atoms with Crippen LogP contribution >= 0.6 is 0 Å². The minimum atomic E-state index is -1.06. The van der Waals surface area contributed by atoms with E-state index in [1.807, 2.05) is 0 Å². The Kier molecular flexibility index (Phi) is 1.78. The zero-order chi connectivity index (χ0) is 6.08. The third kappa shape index (κ3) is 2.60. The van der Waals surface area contributed by atoms with Crippen LogP contribution in [0.3, 0.4) is 0 Å². The molecule has 0 saturated carbocycles. The van der Waals surface area contributed by atoms with Gasteiger partial charge in [0.2, 0.25) is 0 Å². The molecule has 0 heterocycles. The third-order valence-electron chi connectivity index (χ3n) is 0.815. The lowest BCUT2D eigenvalue weighted by molar-refractivity contribution is -0.0241. The SMILES string of the molecule is [CH2]C(O)C(C)(C)O. The smallest absolute Gasteiger partial charge is 0.0849 e. The van der Waals surface area contributed by atoms with Crippen LogP contribution < -0.4 is 0 Å². The molecule has 0 rings (SSSR count). The lowest BCUT2D eigenvalue weighted by Crippen LogP contribution is -2.33. The van der Waals surface area contributed by atoms with Gasteiger partial charge in [-0.1, -0.05) is 0 Å². The molecule has 1 unspecified atom stereocenters. The summed E-state index contributed by atoms with van der Waals surface area (Å²) in [7, 11) is 0. The van der Waals surface area contributed by atoms with Crippen LogP contribution in [0.4, 0.5) is 0 Å². The van der Waals surface area contributed by atoms with Crippen LogP contribution in [0.25, 0.3) is 0 Å². The van der Waals surface area contributed by atoms with E-state index in [9.17, 15) is 0 Å². The Bertz CT molecular complexity index is 51.6. The van der Waals surface area contributed by atoms with E-state index in [1.54, 1.807) is 0 Å². The summed E-state index contributed by atoms with van der Waals surface area (Å²) in [6, 6.07) is 0. The van der Waals surface area contributed by atoms with Crippen molar-refractivity contribution in [3.63, 3.8) is 0 Å². The number of hydrogen-bond acceptors (Lipinski definition) is 2. The molecule has 0 bridgehead atoms. The number of hydrogen-bond donors (Lipinski definition) is 2. The lowest BCUT2D eigenvalue weighted by Gasteiger charge is -2.19. The van der Waals surface area contributed by atoms with Gasteiger partial charge in [0.1, 0.15) is 0 Å². The Labute approximate surface area is 43.8 Å². The van der Waals surface area contributed by atoms with E-state index in [0.29, 0.717) is 0 Å². The minimum Gasteiger partial charge on any atom is -0.390 e. The molecule has 0 spiro atoms. The third-order valence-corrected chi connectivity index (χ3v) is 0.815. The summed E-state index contributed by atoms with van der Waals surface area (Å²) in [5.74, 6) is 0. The van der Waals surface area contributed by atoms with Crippen LogP contribution in [0.1, 0.15) is 13.8 Å². The highest BCUT2D eigenvalue weighted by Gasteiger charge is 2.18. The molecule has 2 N–H and O–H groups in total. The van der Waals surface area contributed by atoms with Gasteiger partial charge in [0, 0.05) is 0 Å². The highest BCUT2D eigenvalue weighted by molar-refractivity contribution is 4.77. The van der Waals surface area contributed by atoms with Crippen molar-refractivity contribution >= 4 is 0 Å². The van der Waals surface area contributed by atoms with Gasteiger partial charge >= 0.3 is 0 Å². The zero-order valence-corrected chi connectivity index (χ0v) is 4.68. The maximum Gasteiger partial charge on any atom is 0.0849 e. The predicted molar refractivity (Wildman–Crippen MR) is 27.7 cm³/mol. The molecule has 0 fully saturated rings. The molecule has 0 aromatic rings. The standard InChI is InChI=1S/C5H11O2/c1-4(6)5(2,3)7/h4,6-7H,1H2,2-3H3. The van der Waals surface area contributed by atoms with Gasteiger partial charge in [0.15, 0.2) is 0 Å². The molecule has 0 aliphatic carbocycles. The van der Waals surface area contributed by atoms with E-state index in [0.717, 1.165) is 0 Å². The summed E-state index contributed by atoms with van der Waals surface area (Å²) in [5.41, 5.74) is -1.06. The monoisotopic (exact) mass is 103 g/mol. The first-order chi connectivity index (χ1) is 2.94. The van der Waals surface area contributed by atoms with Crippen molar-refractivity contribution in [2.24, 2.45) is 0 Å². The molecule has 1 radical (unpaired) electrons. The average Bonchev–Trinajstić information content (AvgIpc) is 1.31. The molecule has 0 aromatic heterocycles. The normalized spacial score (nSPS) is 16.7. The van der Waals surface area contributed by atoms with Gasteiger partial charge in [0.25, 0.3) is 0 Å². The molecule has 7 heavy (non-hydrogen) atoms. The van der Waals surface area contributed by atoms with Crippen molar-refractivity contribution in [3.8, 4) is 0 Å². The Morgan fingerprint density at radius 2 is 1.71 bits per heavy atom. The first-order valence-electron chi connectivity index (χ1n) is 2.18. The van der Waals surface area contributed by atoms with Crippen LogP contribution in [0.5, 0.6) is 0 Å². The first-order valence-corrected chi connectivity index (χ1v) is 2.18. The van der Waals surface area contributed by atoms with Gasteiger partial charge in [0.05, 0.1) is 11.7 Å². The zero-order valence-electron chi connectivity index (χ0n) is 4.68. The summed E-state index contributed by atoms with van der Waals surface area (Å²) < 4.78 is 0. The van der Waals surface area contributed by atoms with Crippen LogP contribution in [0.2, 0.25) is 0 Å². The Morgan fingerprint density at radius 3 is 1.71 bits per heavy atom. The fourth-order valence-corrected chi connectivity index (χ4v) is 0. The summed E-state index contributed by atoms with van der Waals surface area (Å²) in [6.07, 6.45) is -0.896. The van der Waals surface area contributed by atoms with E-state index in [-0.39, 0.29) is 0 Å². The maximum absolute atomic E-state index is 8.78. The van der Waals surface area contributed by atoms with E-state index in [2.05, 4.69) is 6.92 Å². The van der Waals surface area contributed by atoms with Crippen LogP contribution in [-0.2, 0) is 0 Å². The Hall–Kier alpha value is -0.0800. The largest absolute Gasteiger partial charge is 0.390 e. The molecule has 1 atom stereocenters. The maximum atomic E-state index is 8.78. The molecular weight excluding hydrogens is 92.1 g/mol. The Morgan fingerprint density at radius 1 is 1.57 bits per heavy atom. The lowest BCUT2D eigenvalue weighted by atomic mass is 10.0. The molecule has 2 nitrogen and oxygen atoms in total. The fourth-order valence-electron chi connectivity index (χ4n) is 0. The fraction of sp³-hybridized carbons (Fsp3) is 0.800. The summed E-state index contributed by atoms with van der Waals surface area (Å²) in [5, 5.41) is 17.3. The molecular formula is C5H11O2. The van der Waals surface area contributed by atoms with E-state index in [4.69, 9.17) is 10.2 Å². The number of aliphatic hydroxyl groups is 2. The predicted octanol–water partition coefficient (Wildman–Crippen LogP) is -0.0477. The van der Waals surface area contributed by atoms with E-state index >= 15 is 0 Å². The quantitative estimate of drug-likeness (QED) is 0.488. The van der Waals surface area contributed by atoms with Crippen LogP contribution in [-0.4, -0.2) is 21.9 Å². The molecule has 0 aromatic carbocycles. The van der Waals surface area contributed by atoms with Crippen molar-refractivity contribution in [1.29, 1.82) is 0 Å². The van der Waals surface area contributed by atoms with Crippen molar-refractivity contribution in [2.75, 3.05) is 0 Å². The molecule has 43 valence electrons.